The predicted molar refractivity (Wildman–Crippen MR) is 79.2 cm³/mol. The maximum absolute atomic E-state index is 11.3. The fraction of sp³-hybridized carbons (Fsp3) is 0.769. The molecule has 1 fully saturated rings. The summed E-state index contributed by atoms with van der Waals surface area (Å²) in [5.41, 5.74) is 0. The largest absolute Gasteiger partial charge is 0.466 e. The number of nitro groups is 1. The van der Waals surface area contributed by atoms with Crippen molar-refractivity contribution >= 4 is 18.0 Å². The third kappa shape index (κ3) is 6.19. The average Bonchev–Trinajstić information content (AvgIpc) is 2.50. The van der Waals surface area contributed by atoms with Crippen LogP contribution < -0.4 is 0 Å². The van der Waals surface area contributed by atoms with Crippen molar-refractivity contribution in [3.63, 3.8) is 0 Å². The molecule has 0 amide bonds. The molecule has 0 heterocycles. The molecule has 8 nitrogen and oxygen atoms in total. The first-order valence-electron chi connectivity index (χ1n) is 7.04. The van der Waals surface area contributed by atoms with E-state index in [-0.39, 0.29) is 23.2 Å². The van der Waals surface area contributed by atoms with E-state index in [0.717, 1.165) is 24.9 Å². The fourth-order valence-corrected chi connectivity index (χ4v) is 3.01. The number of hydrogen-bond acceptors (Lipinski definition) is 8. The summed E-state index contributed by atoms with van der Waals surface area (Å²) in [4.78, 5) is 21.9. The molecule has 0 aromatic carbocycles. The summed E-state index contributed by atoms with van der Waals surface area (Å²) in [6, 6.07) is -1.55. The Bertz CT molecular complexity index is 427. The molecule has 1 N–H and O–H groups in total. The van der Waals surface area contributed by atoms with E-state index in [1.165, 1.54) is 0 Å². The minimum Gasteiger partial charge on any atom is -0.466 e. The summed E-state index contributed by atoms with van der Waals surface area (Å²) in [5, 5.41) is 20.9. The number of ether oxygens (including phenoxy) is 1. The zero-order valence-electron chi connectivity index (χ0n) is 12.3. The van der Waals surface area contributed by atoms with E-state index in [9.17, 15) is 20.1 Å². The van der Waals surface area contributed by atoms with E-state index < -0.39 is 18.1 Å². The highest BCUT2D eigenvalue weighted by Gasteiger charge is 2.31. The van der Waals surface area contributed by atoms with Crippen LogP contribution in [0.5, 0.6) is 0 Å². The van der Waals surface area contributed by atoms with Crippen LogP contribution in [0, 0.1) is 22.5 Å². The molecular formula is C13H20N2O6S. The molecule has 0 bridgehead atoms. The van der Waals surface area contributed by atoms with Gasteiger partial charge >= 0.3 is 5.97 Å². The van der Waals surface area contributed by atoms with Crippen LogP contribution in [0.25, 0.3) is 0 Å². The Kier molecular flexibility index (Phi) is 8.19. The number of nitrogens with zero attached hydrogens (tertiary/aromatic N) is 2. The fourth-order valence-electron chi connectivity index (χ4n) is 2.13. The monoisotopic (exact) mass is 332 g/mol. The van der Waals surface area contributed by atoms with Gasteiger partial charge in [-0.3, -0.25) is 20.1 Å². The lowest BCUT2D eigenvalue weighted by atomic mass is 9.96. The topological polar surface area (TPSA) is 102 Å². The minimum atomic E-state index is -0.971. The highest BCUT2D eigenvalue weighted by molar-refractivity contribution is 7.95. The van der Waals surface area contributed by atoms with Crippen molar-refractivity contribution in [2.75, 3.05) is 6.61 Å². The third-order valence-electron chi connectivity index (χ3n) is 3.28. The molecule has 3 atom stereocenters. The molecule has 0 aliphatic heterocycles. The second kappa shape index (κ2) is 9.63. The first-order chi connectivity index (χ1) is 10.5. The third-order valence-corrected chi connectivity index (χ3v) is 4.22. The van der Waals surface area contributed by atoms with Gasteiger partial charge in [0.15, 0.2) is 0 Å². The van der Waals surface area contributed by atoms with Crippen molar-refractivity contribution in [3.8, 4) is 12.3 Å². The lowest BCUT2D eigenvalue weighted by Crippen LogP contribution is -2.34. The van der Waals surface area contributed by atoms with Crippen LogP contribution in [0.4, 0.5) is 0 Å². The van der Waals surface area contributed by atoms with E-state index in [4.69, 9.17) is 15.4 Å². The first kappa shape index (κ1) is 18.7. The quantitative estimate of drug-likeness (QED) is 0.236. The number of hydroxylamine groups is 2. The molecule has 1 aliphatic rings. The van der Waals surface area contributed by atoms with Crippen molar-refractivity contribution in [2.24, 2.45) is 0 Å². The Morgan fingerprint density at radius 1 is 1.64 bits per heavy atom. The zero-order chi connectivity index (χ0) is 16.5. The Morgan fingerprint density at radius 2 is 2.36 bits per heavy atom. The van der Waals surface area contributed by atoms with Gasteiger partial charge in [-0.15, -0.1) is 6.42 Å². The van der Waals surface area contributed by atoms with Crippen LogP contribution in [0.15, 0.2) is 0 Å². The van der Waals surface area contributed by atoms with E-state index in [0.29, 0.717) is 18.1 Å². The van der Waals surface area contributed by atoms with Gasteiger partial charge < -0.3 is 4.74 Å². The molecule has 0 aromatic heterocycles. The number of terminal acetylenes is 1. The number of carbonyl (C=O) groups is 1. The summed E-state index contributed by atoms with van der Waals surface area (Å²) in [6.07, 6.45) is 7.48. The van der Waals surface area contributed by atoms with Gasteiger partial charge in [0.1, 0.15) is 6.04 Å². The predicted octanol–water partition coefficient (Wildman–Crippen LogP) is 1.80. The molecule has 0 aromatic rings. The molecule has 1 saturated carbocycles. The molecule has 9 heteroatoms. The van der Waals surface area contributed by atoms with Crippen LogP contribution in [-0.4, -0.2) is 45.3 Å². The highest BCUT2D eigenvalue weighted by Crippen LogP contribution is 2.31. The molecule has 0 spiro atoms. The zero-order valence-corrected chi connectivity index (χ0v) is 13.2. The SMILES string of the molecule is C#C[C@H](CC(=O)OCC)N(O)OSC1CCCC([N+](=O)[O-])C1. The first-order valence-corrected chi connectivity index (χ1v) is 7.85. The lowest BCUT2D eigenvalue weighted by molar-refractivity contribution is -0.526. The van der Waals surface area contributed by atoms with Gasteiger partial charge in [-0.2, -0.15) is 0 Å². The summed E-state index contributed by atoms with van der Waals surface area (Å²) in [6.45, 7) is 1.89. The van der Waals surface area contributed by atoms with Crippen LogP contribution in [0.2, 0.25) is 0 Å². The summed E-state index contributed by atoms with van der Waals surface area (Å²) in [7, 11) is 0. The van der Waals surface area contributed by atoms with Gasteiger partial charge in [-0.05, 0) is 25.0 Å². The van der Waals surface area contributed by atoms with Crippen molar-refractivity contribution < 1.29 is 23.9 Å². The number of carbonyl (C=O) groups excluding carboxylic acids is 1. The van der Waals surface area contributed by atoms with E-state index >= 15 is 0 Å². The Morgan fingerprint density at radius 3 is 2.95 bits per heavy atom. The van der Waals surface area contributed by atoms with Gasteiger partial charge in [0.2, 0.25) is 6.04 Å². The maximum atomic E-state index is 11.3. The average molecular weight is 332 g/mol. The van der Waals surface area contributed by atoms with Crippen molar-refractivity contribution in [1.29, 1.82) is 0 Å². The van der Waals surface area contributed by atoms with Crippen LogP contribution in [-0.2, 0) is 13.8 Å². The Balaban J connectivity index is 2.40. The Labute approximate surface area is 133 Å². The van der Waals surface area contributed by atoms with Gasteiger partial charge in [-0.1, -0.05) is 5.92 Å². The van der Waals surface area contributed by atoms with E-state index in [1.54, 1.807) is 6.92 Å². The smallest absolute Gasteiger partial charge is 0.308 e. The molecule has 0 saturated heterocycles. The van der Waals surface area contributed by atoms with Crippen molar-refractivity contribution in [2.45, 2.75) is 56.4 Å². The van der Waals surface area contributed by atoms with E-state index in [1.807, 2.05) is 0 Å². The molecule has 1 aliphatic carbocycles. The van der Waals surface area contributed by atoms with Crippen molar-refractivity contribution in [3.05, 3.63) is 10.1 Å². The van der Waals surface area contributed by atoms with Crippen molar-refractivity contribution in [1.82, 2.24) is 5.23 Å². The number of esters is 1. The summed E-state index contributed by atoms with van der Waals surface area (Å²) in [5.74, 6) is 1.70. The molecule has 124 valence electrons. The van der Waals surface area contributed by atoms with Gasteiger partial charge in [0.05, 0.1) is 13.0 Å². The molecular weight excluding hydrogens is 312 g/mol. The molecule has 2 unspecified atom stereocenters. The number of rotatable bonds is 8. The van der Waals surface area contributed by atoms with Crippen LogP contribution in [0.1, 0.15) is 39.0 Å². The molecule has 1 rings (SSSR count). The molecule has 0 radical (unpaired) electrons. The second-order valence-corrected chi connectivity index (χ2v) is 5.90. The summed E-state index contributed by atoms with van der Waals surface area (Å²) < 4.78 is 9.82. The Hall–Kier alpha value is -1.34. The van der Waals surface area contributed by atoms with Gasteiger partial charge in [-0.25, -0.2) is 4.28 Å². The van der Waals surface area contributed by atoms with Crippen LogP contribution in [0.3, 0.4) is 0 Å². The van der Waals surface area contributed by atoms with E-state index in [2.05, 4.69) is 5.92 Å². The van der Waals surface area contributed by atoms with Crippen LogP contribution >= 0.6 is 12.0 Å². The lowest BCUT2D eigenvalue weighted by Gasteiger charge is -2.25. The normalized spacial score (nSPS) is 22.8. The number of hydrogen-bond donors (Lipinski definition) is 1. The standard InChI is InChI=1S/C13H20N2O6S/c1-3-10(9-13(16)20-4-2)15(19)21-22-12-7-5-6-11(8-12)14(17)18/h1,10-12,19H,4-9H2,2H3/t10-,11?,12?/m1/s1. The van der Waals surface area contributed by atoms with Gasteiger partial charge in [0, 0.05) is 35.1 Å². The van der Waals surface area contributed by atoms with Gasteiger partial charge in [0.25, 0.3) is 0 Å². The summed E-state index contributed by atoms with van der Waals surface area (Å²) >= 11 is 0.935. The molecule has 22 heavy (non-hydrogen) atoms. The second-order valence-electron chi connectivity index (χ2n) is 4.89. The maximum Gasteiger partial charge on any atom is 0.308 e. The highest BCUT2D eigenvalue weighted by atomic mass is 32.2. The minimum absolute atomic E-state index is 0.0974.